The molecule has 3 atom stereocenters. The van der Waals surface area contributed by atoms with Crippen molar-refractivity contribution in [1.29, 1.82) is 0 Å². The number of amides is 1. The van der Waals surface area contributed by atoms with Crippen molar-refractivity contribution in [3.05, 3.63) is 34.3 Å². The Morgan fingerprint density at radius 2 is 1.93 bits per heavy atom. The van der Waals surface area contributed by atoms with Crippen LogP contribution in [0.15, 0.2) is 33.8 Å². The summed E-state index contributed by atoms with van der Waals surface area (Å²) in [6.45, 7) is 6.08. The smallest absolute Gasteiger partial charge is 0.362 e. The topological polar surface area (TPSA) is 52.9 Å². The van der Waals surface area contributed by atoms with Crippen molar-refractivity contribution >= 4 is 27.5 Å². The summed E-state index contributed by atoms with van der Waals surface area (Å²) in [5, 5.41) is 15.1. The van der Waals surface area contributed by atoms with Gasteiger partial charge in [0.15, 0.2) is 0 Å². The van der Waals surface area contributed by atoms with Crippen molar-refractivity contribution in [3.63, 3.8) is 0 Å². The maximum absolute atomic E-state index is 14.1. The Kier molecular flexibility index (Phi) is 5.42. The van der Waals surface area contributed by atoms with Crippen LogP contribution in [-0.2, 0) is 0 Å². The first-order valence-electron chi connectivity index (χ1n) is 9.38. The molecule has 1 aromatic rings. The number of rotatable bonds is 3. The number of aliphatic hydroxyl groups is 1. The highest BCUT2D eigenvalue weighted by Crippen LogP contribution is 2.52. The summed E-state index contributed by atoms with van der Waals surface area (Å²) in [5.74, 6) is -2.19. The zero-order valence-corrected chi connectivity index (χ0v) is 17.6. The number of alkyl halides is 3. The van der Waals surface area contributed by atoms with Gasteiger partial charge in [-0.2, -0.15) is 23.3 Å². The first-order valence-corrected chi connectivity index (χ1v) is 10.2. The fourth-order valence-corrected chi connectivity index (χ4v) is 4.40. The minimum Gasteiger partial charge on any atom is -0.362 e. The highest BCUT2D eigenvalue weighted by molar-refractivity contribution is 9.10. The molecule has 1 aliphatic carbocycles. The van der Waals surface area contributed by atoms with Gasteiger partial charge in [-0.1, -0.05) is 43.1 Å². The molecule has 28 heavy (non-hydrogen) atoms. The molecule has 2 aliphatic rings. The number of halogens is 4. The standard InChI is InChI=1S/C20H24BrF3N2O2/c1-4-18(2,3)13-7-10-16-15(11-13)19(28,20(22,23)24)26(25-16)17(27)12-5-8-14(21)9-6-12/h5-6,8-9,13,15,28H,4,7,10-11H2,1-3H3/t13-,15-,19-/m1/s1. The van der Waals surface area contributed by atoms with Crippen LogP contribution in [-0.4, -0.2) is 33.6 Å². The van der Waals surface area contributed by atoms with Crippen molar-refractivity contribution in [3.8, 4) is 0 Å². The average molecular weight is 461 g/mol. The molecule has 1 amide bonds. The second-order valence-electron chi connectivity index (χ2n) is 8.31. The lowest BCUT2D eigenvalue weighted by Crippen LogP contribution is -2.62. The minimum absolute atomic E-state index is 0.0121. The molecule has 4 nitrogen and oxygen atoms in total. The Balaban J connectivity index is 2.00. The highest BCUT2D eigenvalue weighted by atomic mass is 79.9. The molecular formula is C20H24BrF3N2O2. The molecule has 1 saturated carbocycles. The van der Waals surface area contributed by atoms with Crippen molar-refractivity contribution in [2.24, 2.45) is 22.4 Å². The van der Waals surface area contributed by atoms with Gasteiger partial charge in [0, 0.05) is 15.7 Å². The first-order chi connectivity index (χ1) is 12.9. The van der Waals surface area contributed by atoms with Crippen LogP contribution in [0.5, 0.6) is 0 Å². The summed E-state index contributed by atoms with van der Waals surface area (Å²) in [7, 11) is 0. The molecule has 3 rings (SSSR count). The Bertz CT molecular complexity index is 792. The summed E-state index contributed by atoms with van der Waals surface area (Å²) >= 11 is 3.23. The first kappa shape index (κ1) is 21.3. The number of fused-ring (bicyclic) bond motifs is 1. The molecule has 1 heterocycles. The second-order valence-corrected chi connectivity index (χ2v) is 9.22. The highest BCUT2D eigenvalue weighted by Gasteiger charge is 2.69. The average Bonchev–Trinajstić information content (AvgIpc) is 2.95. The molecule has 8 heteroatoms. The lowest BCUT2D eigenvalue weighted by Gasteiger charge is -2.43. The van der Waals surface area contributed by atoms with Crippen molar-refractivity contribution in [2.45, 2.75) is 58.4 Å². The quantitative estimate of drug-likeness (QED) is 0.659. The minimum atomic E-state index is -5.02. The predicted octanol–water partition coefficient (Wildman–Crippen LogP) is 5.36. The molecule has 1 aliphatic heterocycles. The van der Waals surface area contributed by atoms with E-state index in [4.69, 9.17) is 0 Å². The molecule has 0 bridgehead atoms. The molecular weight excluding hydrogens is 437 g/mol. The van der Waals surface area contributed by atoms with E-state index >= 15 is 0 Å². The number of carbonyl (C=O) groups excluding carboxylic acids is 1. The summed E-state index contributed by atoms with van der Waals surface area (Å²) < 4.78 is 43.0. The van der Waals surface area contributed by atoms with Crippen molar-refractivity contribution in [2.75, 3.05) is 0 Å². The molecule has 154 valence electrons. The second kappa shape index (κ2) is 7.13. The Morgan fingerprint density at radius 3 is 2.46 bits per heavy atom. The molecule has 0 aromatic heterocycles. The van der Waals surface area contributed by atoms with Crippen LogP contribution in [0, 0.1) is 17.3 Å². The van der Waals surface area contributed by atoms with E-state index in [1.807, 2.05) is 20.8 Å². The summed E-state index contributed by atoms with van der Waals surface area (Å²) in [4.78, 5) is 12.8. The fraction of sp³-hybridized carbons (Fsp3) is 0.600. The number of hydrogen-bond acceptors (Lipinski definition) is 3. The summed E-state index contributed by atoms with van der Waals surface area (Å²) in [6.07, 6.45) is -3.00. The van der Waals surface area contributed by atoms with Gasteiger partial charge in [-0.05, 0) is 54.9 Å². The van der Waals surface area contributed by atoms with E-state index in [9.17, 15) is 23.1 Å². The zero-order valence-electron chi connectivity index (χ0n) is 16.1. The maximum Gasteiger partial charge on any atom is 0.439 e. The number of carbonyl (C=O) groups is 1. The van der Waals surface area contributed by atoms with Crippen LogP contribution < -0.4 is 0 Å². The van der Waals surface area contributed by atoms with E-state index in [1.54, 1.807) is 12.1 Å². The molecule has 1 fully saturated rings. The van der Waals surface area contributed by atoms with E-state index in [2.05, 4.69) is 21.0 Å². The van der Waals surface area contributed by atoms with Crippen LogP contribution in [0.25, 0.3) is 0 Å². The Morgan fingerprint density at radius 1 is 1.32 bits per heavy atom. The van der Waals surface area contributed by atoms with Crippen LogP contribution >= 0.6 is 15.9 Å². The molecule has 0 unspecified atom stereocenters. The van der Waals surface area contributed by atoms with Crippen molar-refractivity contribution in [1.82, 2.24) is 5.01 Å². The zero-order chi connectivity index (χ0) is 20.9. The van der Waals surface area contributed by atoms with Crippen LogP contribution in [0.2, 0.25) is 0 Å². The molecule has 0 saturated heterocycles. The Labute approximate surface area is 170 Å². The normalized spacial score (nSPS) is 28.1. The third-order valence-electron chi connectivity index (χ3n) is 6.43. The van der Waals surface area contributed by atoms with Gasteiger partial charge in [-0.25, -0.2) is 0 Å². The summed E-state index contributed by atoms with van der Waals surface area (Å²) in [6, 6.07) is 5.95. The van der Waals surface area contributed by atoms with E-state index in [1.165, 1.54) is 12.1 Å². The van der Waals surface area contributed by atoms with Gasteiger partial charge in [-0.15, -0.1) is 0 Å². The van der Waals surface area contributed by atoms with E-state index < -0.39 is 23.7 Å². The van der Waals surface area contributed by atoms with Gasteiger partial charge in [0.2, 0.25) is 0 Å². The molecule has 1 aromatic carbocycles. The molecule has 1 N–H and O–H groups in total. The van der Waals surface area contributed by atoms with Gasteiger partial charge in [-0.3, -0.25) is 4.79 Å². The third-order valence-corrected chi connectivity index (χ3v) is 6.95. The van der Waals surface area contributed by atoms with Gasteiger partial charge < -0.3 is 5.11 Å². The van der Waals surface area contributed by atoms with Crippen LogP contribution in [0.4, 0.5) is 13.2 Å². The van der Waals surface area contributed by atoms with E-state index in [0.717, 1.165) is 6.42 Å². The SMILES string of the molecule is CCC(C)(C)[C@@H]1CCC2=NN(C(=O)c3ccc(Br)cc3)[C@](O)(C(F)(F)F)[C@@H]2C1. The van der Waals surface area contributed by atoms with Crippen LogP contribution in [0.1, 0.15) is 56.8 Å². The lowest BCUT2D eigenvalue weighted by molar-refractivity contribution is -0.314. The maximum atomic E-state index is 14.1. The number of hydrogen-bond donors (Lipinski definition) is 1. The number of nitrogens with zero attached hydrogens (tertiary/aromatic N) is 2. The monoisotopic (exact) mass is 460 g/mol. The van der Waals surface area contributed by atoms with E-state index in [0.29, 0.717) is 17.3 Å². The predicted molar refractivity (Wildman–Crippen MR) is 104 cm³/mol. The molecule has 0 radical (unpaired) electrons. The summed E-state index contributed by atoms with van der Waals surface area (Å²) in [5.41, 5.74) is -3.18. The van der Waals surface area contributed by atoms with Gasteiger partial charge in [0.05, 0.1) is 5.92 Å². The lowest BCUT2D eigenvalue weighted by atomic mass is 9.64. The Hall–Kier alpha value is -1.41. The van der Waals surface area contributed by atoms with Crippen molar-refractivity contribution < 1.29 is 23.1 Å². The van der Waals surface area contributed by atoms with Gasteiger partial charge in [0.25, 0.3) is 11.6 Å². The van der Waals surface area contributed by atoms with Gasteiger partial charge in [0.1, 0.15) is 0 Å². The van der Waals surface area contributed by atoms with Crippen LogP contribution in [0.3, 0.4) is 0 Å². The fourth-order valence-electron chi connectivity index (χ4n) is 4.13. The molecule has 0 spiro atoms. The third kappa shape index (κ3) is 3.38. The number of hydrazone groups is 1. The van der Waals surface area contributed by atoms with Gasteiger partial charge >= 0.3 is 6.18 Å². The largest absolute Gasteiger partial charge is 0.439 e. The van der Waals surface area contributed by atoms with E-state index in [-0.39, 0.29) is 34.0 Å². The number of benzene rings is 1.